The van der Waals surface area contributed by atoms with E-state index in [1.165, 1.54) is 6.08 Å². The van der Waals surface area contributed by atoms with E-state index in [0.29, 0.717) is 31.0 Å². The Morgan fingerprint density at radius 2 is 1.60 bits per heavy atom. The van der Waals surface area contributed by atoms with E-state index in [0.717, 1.165) is 55.3 Å². The van der Waals surface area contributed by atoms with Crippen LogP contribution in [-0.4, -0.2) is 64.9 Å². The van der Waals surface area contributed by atoms with Crippen LogP contribution in [0.1, 0.15) is 29.3 Å². The number of piperazine rings is 1. The van der Waals surface area contributed by atoms with Crippen molar-refractivity contribution in [3.63, 3.8) is 0 Å². The first-order valence-electron chi connectivity index (χ1n) is 13.8. The zero-order valence-corrected chi connectivity index (χ0v) is 23.3. The molecule has 0 radical (unpaired) electrons. The number of benzene rings is 3. The van der Waals surface area contributed by atoms with Crippen molar-refractivity contribution in [3.05, 3.63) is 90.0 Å². The molecule has 4 rings (SSSR count). The van der Waals surface area contributed by atoms with Gasteiger partial charge >= 0.3 is 0 Å². The fourth-order valence-corrected chi connectivity index (χ4v) is 4.69. The zero-order chi connectivity index (χ0) is 28.2. The fourth-order valence-electron chi connectivity index (χ4n) is 4.69. The van der Waals surface area contributed by atoms with Gasteiger partial charge in [0.2, 0.25) is 5.91 Å². The molecule has 210 valence electrons. The van der Waals surface area contributed by atoms with Crippen LogP contribution < -0.4 is 25.2 Å². The fraction of sp³-hybridized carbons (Fsp3) is 0.312. The number of amides is 2. The van der Waals surface area contributed by atoms with Crippen molar-refractivity contribution in [2.75, 3.05) is 68.2 Å². The van der Waals surface area contributed by atoms with Crippen molar-refractivity contribution in [1.82, 2.24) is 5.32 Å². The van der Waals surface area contributed by atoms with E-state index in [2.05, 4.69) is 26.5 Å². The molecule has 8 heteroatoms. The van der Waals surface area contributed by atoms with Crippen molar-refractivity contribution < 1.29 is 19.1 Å². The topological polar surface area (TPSA) is 83.1 Å². The summed E-state index contributed by atoms with van der Waals surface area (Å²) in [6.07, 6.45) is 3.98. The first-order valence-corrected chi connectivity index (χ1v) is 13.8. The Hall–Kier alpha value is -4.30. The van der Waals surface area contributed by atoms with Gasteiger partial charge in [0.15, 0.2) is 0 Å². The lowest BCUT2D eigenvalue weighted by Crippen LogP contribution is -2.47. The van der Waals surface area contributed by atoms with Gasteiger partial charge in [-0.25, -0.2) is 0 Å². The molecule has 40 heavy (non-hydrogen) atoms. The number of anilines is 3. The monoisotopic (exact) mass is 542 g/mol. The molecule has 8 nitrogen and oxygen atoms in total. The van der Waals surface area contributed by atoms with Gasteiger partial charge < -0.3 is 29.9 Å². The average molecular weight is 543 g/mol. The minimum Gasteiger partial charge on any atom is -0.495 e. The van der Waals surface area contributed by atoms with E-state index in [-0.39, 0.29) is 11.8 Å². The molecule has 0 atom stereocenters. The van der Waals surface area contributed by atoms with Gasteiger partial charge in [-0.3, -0.25) is 9.59 Å². The number of hydrogen-bond donors (Lipinski definition) is 2. The highest BCUT2D eigenvalue weighted by atomic mass is 16.5. The van der Waals surface area contributed by atoms with Gasteiger partial charge in [0.05, 0.1) is 18.4 Å². The lowest BCUT2D eigenvalue weighted by atomic mass is 10.1. The molecular weight excluding hydrogens is 504 g/mol. The summed E-state index contributed by atoms with van der Waals surface area (Å²) in [6, 6.07) is 23.2. The number of hydrogen-bond acceptors (Lipinski definition) is 6. The predicted molar refractivity (Wildman–Crippen MR) is 161 cm³/mol. The second-order valence-electron chi connectivity index (χ2n) is 9.42. The van der Waals surface area contributed by atoms with Crippen molar-refractivity contribution in [2.45, 2.75) is 13.3 Å². The summed E-state index contributed by atoms with van der Waals surface area (Å²) in [5.41, 5.74) is 3.95. The minimum atomic E-state index is -0.259. The number of nitrogens with one attached hydrogen (secondary N) is 2. The molecule has 0 unspecified atom stereocenters. The third kappa shape index (κ3) is 7.86. The summed E-state index contributed by atoms with van der Waals surface area (Å²) in [5.74, 6) is 0.421. The van der Waals surface area contributed by atoms with Gasteiger partial charge in [-0.2, -0.15) is 0 Å². The highest BCUT2D eigenvalue weighted by molar-refractivity contribution is 6.05. The highest BCUT2D eigenvalue weighted by Gasteiger charge is 2.23. The van der Waals surface area contributed by atoms with Crippen molar-refractivity contribution in [2.24, 2.45) is 0 Å². The van der Waals surface area contributed by atoms with E-state index in [4.69, 9.17) is 9.47 Å². The standard InChI is InChI=1S/C32H38N4O4/c1-3-40-23-9-18-33-32(38)27-24-26(34-31(37)17-14-25-10-5-4-6-11-25)15-16-28(27)35-19-21-36(22-20-35)29-12-7-8-13-30(29)39-2/h4-8,10-17,24H,3,9,18-23H2,1-2H3,(H,33,38)(H,34,37)/b17-14+. The number of rotatable bonds is 12. The molecule has 0 saturated carbocycles. The Morgan fingerprint density at radius 1 is 0.900 bits per heavy atom. The second-order valence-corrected chi connectivity index (χ2v) is 9.42. The summed E-state index contributed by atoms with van der Waals surface area (Å²) in [7, 11) is 1.69. The van der Waals surface area contributed by atoms with E-state index in [1.807, 2.05) is 67.6 Å². The van der Waals surface area contributed by atoms with Gasteiger partial charge in [0, 0.05) is 63.4 Å². The predicted octanol–water partition coefficient (Wildman–Crippen LogP) is 4.83. The van der Waals surface area contributed by atoms with Gasteiger partial charge in [0.1, 0.15) is 5.75 Å². The summed E-state index contributed by atoms with van der Waals surface area (Å²) >= 11 is 0. The zero-order valence-electron chi connectivity index (χ0n) is 23.3. The van der Waals surface area contributed by atoms with E-state index in [9.17, 15) is 9.59 Å². The maximum absolute atomic E-state index is 13.3. The molecule has 1 aliphatic rings. The molecule has 1 saturated heterocycles. The smallest absolute Gasteiger partial charge is 0.253 e. The SMILES string of the molecule is CCOCCCNC(=O)c1cc(NC(=O)/C=C/c2ccccc2)ccc1N1CCN(c2ccccc2OC)CC1. The van der Waals surface area contributed by atoms with Crippen LogP contribution in [0.5, 0.6) is 5.75 Å². The van der Waals surface area contributed by atoms with Crippen LogP contribution in [0.3, 0.4) is 0 Å². The number of methoxy groups -OCH3 is 1. The molecule has 3 aromatic rings. The molecular formula is C32H38N4O4. The molecule has 2 N–H and O–H groups in total. The molecule has 0 bridgehead atoms. The highest BCUT2D eigenvalue weighted by Crippen LogP contribution is 2.31. The first-order chi connectivity index (χ1) is 19.6. The van der Waals surface area contributed by atoms with Crippen molar-refractivity contribution in [1.29, 1.82) is 0 Å². The molecule has 2 amide bonds. The average Bonchev–Trinajstić information content (AvgIpc) is 3.00. The van der Waals surface area contributed by atoms with Crippen LogP contribution in [0, 0.1) is 0 Å². The number of para-hydroxylation sites is 2. The normalized spacial score (nSPS) is 13.3. The number of carbonyl (C=O) groups excluding carboxylic acids is 2. The van der Waals surface area contributed by atoms with Gasteiger partial charge in [0.25, 0.3) is 5.91 Å². The quantitative estimate of drug-likeness (QED) is 0.252. The molecule has 0 aliphatic carbocycles. The molecule has 1 heterocycles. The Balaban J connectivity index is 1.48. The summed E-state index contributed by atoms with van der Waals surface area (Å²) in [4.78, 5) is 30.5. The van der Waals surface area contributed by atoms with Gasteiger partial charge in [-0.15, -0.1) is 0 Å². The van der Waals surface area contributed by atoms with E-state index in [1.54, 1.807) is 19.3 Å². The van der Waals surface area contributed by atoms with E-state index < -0.39 is 0 Å². The number of ether oxygens (including phenoxy) is 2. The molecule has 3 aromatic carbocycles. The Bertz CT molecular complexity index is 1290. The lowest BCUT2D eigenvalue weighted by molar-refractivity contribution is -0.111. The van der Waals surface area contributed by atoms with Crippen molar-refractivity contribution in [3.8, 4) is 5.75 Å². The minimum absolute atomic E-state index is 0.172. The third-order valence-electron chi connectivity index (χ3n) is 6.74. The molecule has 0 aromatic heterocycles. The summed E-state index contributed by atoms with van der Waals surface area (Å²) < 4.78 is 10.9. The van der Waals surface area contributed by atoms with Crippen LogP contribution in [0.4, 0.5) is 17.1 Å². The second kappa shape index (κ2) is 14.7. The number of carbonyl (C=O) groups is 2. The summed E-state index contributed by atoms with van der Waals surface area (Å²) in [5, 5.41) is 5.91. The third-order valence-corrected chi connectivity index (χ3v) is 6.74. The van der Waals surface area contributed by atoms with Gasteiger partial charge in [-0.05, 0) is 55.3 Å². The Morgan fingerprint density at radius 3 is 2.33 bits per heavy atom. The Labute approximate surface area is 236 Å². The maximum Gasteiger partial charge on any atom is 0.253 e. The molecule has 0 spiro atoms. The van der Waals surface area contributed by atoms with Crippen LogP contribution in [-0.2, 0) is 9.53 Å². The Kier molecular flexibility index (Phi) is 10.6. The largest absolute Gasteiger partial charge is 0.495 e. The maximum atomic E-state index is 13.3. The van der Waals surface area contributed by atoms with Crippen LogP contribution in [0.2, 0.25) is 0 Å². The van der Waals surface area contributed by atoms with Crippen LogP contribution in [0.25, 0.3) is 6.08 Å². The van der Waals surface area contributed by atoms with Crippen molar-refractivity contribution >= 4 is 35.0 Å². The molecule has 1 fully saturated rings. The van der Waals surface area contributed by atoms with Gasteiger partial charge in [-0.1, -0.05) is 42.5 Å². The first kappa shape index (κ1) is 28.7. The number of nitrogens with zero attached hydrogens (tertiary/aromatic N) is 2. The molecule has 1 aliphatic heterocycles. The lowest BCUT2D eigenvalue weighted by Gasteiger charge is -2.38. The van der Waals surface area contributed by atoms with E-state index >= 15 is 0 Å². The van der Waals surface area contributed by atoms with Crippen LogP contribution in [0.15, 0.2) is 78.9 Å². The summed E-state index contributed by atoms with van der Waals surface area (Å²) in [6.45, 7) is 6.78. The van der Waals surface area contributed by atoms with Crippen LogP contribution >= 0.6 is 0 Å².